The molecule has 1 aromatic rings. The van der Waals surface area contributed by atoms with Gasteiger partial charge >= 0.3 is 0 Å². The third-order valence-corrected chi connectivity index (χ3v) is 6.46. The lowest BCUT2D eigenvalue weighted by atomic mass is 10.0. The topological polar surface area (TPSA) is 78.5 Å². The van der Waals surface area contributed by atoms with Gasteiger partial charge < -0.3 is 10.2 Å². The van der Waals surface area contributed by atoms with E-state index >= 15 is 0 Å². The molecule has 1 aliphatic rings. The number of nitrogens with zero attached hydrogens (tertiary/aromatic N) is 1. The van der Waals surface area contributed by atoms with Crippen molar-refractivity contribution in [1.29, 1.82) is 0 Å². The van der Waals surface area contributed by atoms with Gasteiger partial charge in [-0.15, -0.1) is 0 Å². The molecule has 2 N–H and O–H groups in total. The summed E-state index contributed by atoms with van der Waals surface area (Å²) in [6, 6.07) is 7.32. The van der Waals surface area contributed by atoms with Crippen molar-refractivity contribution in [1.82, 2.24) is 14.9 Å². The fourth-order valence-corrected chi connectivity index (χ4v) is 4.03. The Hall–Kier alpha value is -1.44. The number of carbonyl (C=O) groups excluding carboxylic acids is 1. The molecule has 146 valence electrons. The first-order chi connectivity index (χ1) is 12.4. The molecule has 1 heterocycles. The maximum Gasteiger partial charge on any atom is 0.240 e. The zero-order valence-electron chi connectivity index (χ0n) is 15.8. The van der Waals surface area contributed by atoms with E-state index in [4.69, 9.17) is 0 Å². The van der Waals surface area contributed by atoms with Crippen molar-refractivity contribution >= 4 is 15.9 Å². The van der Waals surface area contributed by atoms with E-state index < -0.39 is 10.0 Å². The molecule has 26 heavy (non-hydrogen) atoms. The summed E-state index contributed by atoms with van der Waals surface area (Å²) < 4.78 is 25.6. The SMILES string of the molecule is CNS(=O)(=O)c1ccc(CCC(=O)NCCCN2CCCCC2C)cc1. The Morgan fingerprint density at radius 1 is 1.23 bits per heavy atom. The Morgan fingerprint density at radius 2 is 1.96 bits per heavy atom. The van der Waals surface area contributed by atoms with E-state index in [1.807, 2.05) is 0 Å². The highest BCUT2D eigenvalue weighted by Crippen LogP contribution is 2.16. The smallest absolute Gasteiger partial charge is 0.240 e. The van der Waals surface area contributed by atoms with E-state index in [2.05, 4.69) is 21.9 Å². The lowest BCUT2D eigenvalue weighted by Gasteiger charge is -2.33. The predicted molar refractivity (Wildman–Crippen MR) is 104 cm³/mol. The number of likely N-dealkylation sites (tertiary alicyclic amines) is 1. The zero-order chi connectivity index (χ0) is 19.0. The molecule has 0 saturated carbocycles. The summed E-state index contributed by atoms with van der Waals surface area (Å²) in [5, 5.41) is 2.98. The maximum atomic E-state index is 12.0. The molecule has 0 aliphatic carbocycles. The van der Waals surface area contributed by atoms with Crippen LogP contribution < -0.4 is 10.0 Å². The molecule has 1 aliphatic heterocycles. The molecule has 1 aromatic carbocycles. The molecule has 1 fully saturated rings. The van der Waals surface area contributed by atoms with Crippen molar-refractivity contribution in [2.75, 3.05) is 26.7 Å². The second-order valence-corrected chi connectivity index (χ2v) is 8.82. The number of benzene rings is 1. The standard InChI is InChI=1S/C19H31N3O3S/c1-16-6-3-4-14-22(16)15-5-13-21-19(23)12-9-17-7-10-18(11-8-17)26(24,25)20-2/h7-8,10-11,16,20H,3-6,9,12-15H2,1-2H3,(H,21,23). The van der Waals surface area contributed by atoms with E-state index in [-0.39, 0.29) is 10.8 Å². The van der Waals surface area contributed by atoms with Crippen LogP contribution in [0.25, 0.3) is 0 Å². The molecule has 1 amide bonds. The van der Waals surface area contributed by atoms with Crippen LogP contribution in [-0.2, 0) is 21.2 Å². The summed E-state index contributed by atoms with van der Waals surface area (Å²) in [6.07, 6.45) is 5.89. The highest BCUT2D eigenvalue weighted by molar-refractivity contribution is 7.89. The number of sulfonamides is 1. The van der Waals surface area contributed by atoms with Crippen molar-refractivity contribution in [3.05, 3.63) is 29.8 Å². The first kappa shape index (κ1) is 20.9. The maximum absolute atomic E-state index is 12.0. The largest absolute Gasteiger partial charge is 0.356 e. The van der Waals surface area contributed by atoms with Crippen LogP contribution in [0, 0.1) is 0 Å². The first-order valence-electron chi connectivity index (χ1n) is 9.45. The fraction of sp³-hybridized carbons (Fsp3) is 0.632. The third kappa shape index (κ3) is 6.37. The van der Waals surface area contributed by atoms with Crippen LogP contribution in [0.5, 0.6) is 0 Å². The molecular weight excluding hydrogens is 350 g/mol. The number of piperidine rings is 1. The van der Waals surface area contributed by atoms with Crippen LogP contribution in [-0.4, -0.2) is 51.9 Å². The van der Waals surface area contributed by atoms with Gasteiger partial charge in [-0.2, -0.15) is 0 Å². The van der Waals surface area contributed by atoms with Gasteiger partial charge in [0.25, 0.3) is 0 Å². The number of amides is 1. The number of hydrogen-bond donors (Lipinski definition) is 2. The molecule has 7 heteroatoms. The van der Waals surface area contributed by atoms with E-state index in [1.165, 1.54) is 32.9 Å². The fourth-order valence-electron chi connectivity index (χ4n) is 3.30. The molecule has 2 rings (SSSR count). The molecule has 1 unspecified atom stereocenters. The molecule has 0 aromatic heterocycles. The molecule has 1 saturated heterocycles. The minimum atomic E-state index is -3.41. The van der Waals surface area contributed by atoms with Gasteiger partial charge in [0.2, 0.25) is 15.9 Å². The van der Waals surface area contributed by atoms with Gasteiger partial charge in [0.15, 0.2) is 0 Å². The van der Waals surface area contributed by atoms with Gasteiger partial charge in [-0.1, -0.05) is 18.6 Å². The van der Waals surface area contributed by atoms with Crippen molar-refractivity contribution in [3.8, 4) is 0 Å². The normalized spacial score (nSPS) is 18.6. The number of aryl methyl sites for hydroxylation is 1. The minimum Gasteiger partial charge on any atom is -0.356 e. The Bertz CT molecular complexity index is 674. The van der Waals surface area contributed by atoms with Crippen molar-refractivity contribution in [2.45, 2.75) is 56.4 Å². The van der Waals surface area contributed by atoms with Crippen LogP contribution in [0.4, 0.5) is 0 Å². The summed E-state index contributed by atoms with van der Waals surface area (Å²) in [5.41, 5.74) is 0.956. The molecule has 0 radical (unpaired) electrons. The lowest BCUT2D eigenvalue weighted by molar-refractivity contribution is -0.121. The van der Waals surface area contributed by atoms with Crippen LogP contribution >= 0.6 is 0 Å². The van der Waals surface area contributed by atoms with Crippen molar-refractivity contribution < 1.29 is 13.2 Å². The average molecular weight is 382 g/mol. The highest BCUT2D eigenvalue weighted by Gasteiger charge is 2.17. The second-order valence-electron chi connectivity index (χ2n) is 6.94. The number of nitrogens with one attached hydrogen (secondary N) is 2. The molecule has 0 spiro atoms. The van der Waals surface area contributed by atoms with Gasteiger partial charge in [-0.05, 0) is 63.9 Å². The molecule has 0 bridgehead atoms. The van der Waals surface area contributed by atoms with Gasteiger partial charge in [0.05, 0.1) is 4.90 Å². The zero-order valence-corrected chi connectivity index (χ0v) is 16.6. The quantitative estimate of drug-likeness (QED) is 0.641. The minimum absolute atomic E-state index is 0.0450. The van der Waals surface area contributed by atoms with Crippen LogP contribution in [0.2, 0.25) is 0 Å². The van der Waals surface area contributed by atoms with E-state index in [1.54, 1.807) is 24.3 Å². The van der Waals surface area contributed by atoms with Gasteiger partial charge in [0.1, 0.15) is 0 Å². The van der Waals surface area contributed by atoms with Gasteiger partial charge in [-0.25, -0.2) is 13.1 Å². The summed E-state index contributed by atoms with van der Waals surface area (Å²) in [7, 11) is -2.02. The highest BCUT2D eigenvalue weighted by atomic mass is 32.2. The Labute approximate surface area is 157 Å². The van der Waals surface area contributed by atoms with E-state index in [0.717, 1.165) is 18.5 Å². The molecular formula is C19H31N3O3S. The van der Waals surface area contributed by atoms with E-state index in [9.17, 15) is 13.2 Å². The van der Waals surface area contributed by atoms with E-state index in [0.29, 0.717) is 25.4 Å². The monoisotopic (exact) mass is 381 g/mol. The van der Waals surface area contributed by atoms with Crippen LogP contribution in [0.3, 0.4) is 0 Å². The Morgan fingerprint density at radius 3 is 2.62 bits per heavy atom. The molecule has 1 atom stereocenters. The summed E-state index contributed by atoms with van der Waals surface area (Å²) in [5.74, 6) is 0.0450. The average Bonchev–Trinajstić information content (AvgIpc) is 2.65. The first-order valence-corrected chi connectivity index (χ1v) is 10.9. The summed E-state index contributed by atoms with van der Waals surface area (Å²) in [4.78, 5) is 14.7. The number of rotatable bonds is 9. The van der Waals surface area contributed by atoms with Gasteiger partial charge in [0, 0.05) is 25.6 Å². The summed E-state index contributed by atoms with van der Waals surface area (Å²) in [6.45, 7) is 5.21. The number of carbonyl (C=O) groups is 1. The Balaban J connectivity index is 1.65. The number of hydrogen-bond acceptors (Lipinski definition) is 4. The summed E-state index contributed by atoms with van der Waals surface area (Å²) >= 11 is 0. The third-order valence-electron chi connectivity index (χ3n) is 5.03. The predicted octanol–water partition coefficient (Wildman–Crippen LogP) is 1.91. The second kappa shape index (κ2) is 10.0. The van der Waals surface area contributed by atoms with Crippen molar-refractivity contribution in [3.63, 3.8) is 0 Å². The lowest BCUT2D eigenvalue weighted by Crippen LogP contribution is -2.39. The van der Waals surface area contributed by atoms with Crippen molar-refractivity contribution in [2.24, 2.45) is 0 Å². The van der Waals surface area contributed by atoms with Crippen LogP contribution in [0.15, 0.2) is 29.2 Å². The molecule has 6 nitrogen and oxygen atoms in total. The van der Waals surface area contributed by atoms with Gasteiger partial charge in [-0.3, -0.25) is 4.79 Å². The van der Waals surface area contributed by atoms with Crippen LogP contribution in [0.1, 0.15) is 44.6 Å². The Kier molecular flexibility index (Phi) is 8.06.